The second-order valence-corrected chi connectivity index (χ2v) is 5.31. The molecule has 2 N–H and O–H groups in total. The number of benzene rings is 2. The van der Waals surface area contributed by atoms with Gasteiger partial charge in [-0.15, -0.1) is 0 Å². The standard InChI is InChI=1S/C18H16N4O2/c1-12(23)21-14-6-4-5-13(9-14)10-20-18(24)17-11-19-15-7-2-3-8-16(15)22-17/h2-9,11H,10H2,1H3,(H,20,24)(H,21,23). The molecule has 6 heteroatoms. The number of amides is 2. The van der Waals surface area contributed by atoms with E-state index in [1.54, 1.807) is 6.07 Å². The molecule has 0 atom stereocenters. The van der Waals surface area contributed by atoms with Gasteiger partial charge < -0.3 is 10.6 Å². The first-order chi connectivity index (χ1) is 11.6. The third kappa shape index (κ3) is 3.73. The molecule has 3 rings (SSSR count). The molecule has 0 aliphatic heterocycles. The Balaban J connectivity index is 1.69. The Morgan fingerprint density at radius 3 is 2.62 bits per heavy atom. The van der Waals surface area contributed by atoms with Crippen molar-refractivity contribution in [1.82, 2.24) is 15.3 Å². The van der Waals surface area contributed by atoms with Gasteiger partial charge in [0.15, 0.2) is 0 Å². The van der Waals surface area contributed by atoms with Crippen molar-refractivity contribution in [2.75, 3.05) is 5.32 Å². The van der Waals surface area contributed by atoms with Gasteiger partial charge in [0.25, 0.3) is 5.91 Å². The van der Waals surface area contributed by atoms with Crippen LogP contribution in [0.1, 0.15) is 23.0 Å². The number of carbonyl (C=O) groups is 2. The molecular weight excluding hydrogens is 304 g/mol. The van der Waals surface area contributed by atoms with Crippen molar-refractivity contribution in [2.45, 2.75) is 13.5 Å². The molecule has 3 aromatic rings. The Bertz CT molecular complexity index is 908. The summed E-state index contributed by atoms with van der Waals surface area (Å²) in [6.07, 6.45) is 1.46. The molecule has 0 aliphatic carbocycles. The maximum atomic E-state index is 12.2. The summed E-state index contributed by atoms with van der Waals surface area (Å²) in [5.74, 6) is -0.430. The zero-order valence-electron chi connectivity index (χ0n) is 13.1. The summed E-state index contributed by atoms with van der Waals surface area (Å²) in [4.78, 5) is 31.9. The molecule has 0 fully saturated rings. The molecule has 2 amide bonds. The van der Waals surface area contributed by atoms with Crippen molar-refractivity contribution >= 4 is 28.5 Å². The number of nitrogens with one attached hydrogen (secondary N) is 2. The highest BCUT2D eigenvalue weighted by molar-refractivity contribution is 5.93. The Hall–Kier alpha value is -3.28. The van der Waals surface area contributed by atoms with Gasteiger partial charge in [0.05, 0.1) is 17.2 Å². The molecule has 1 heterocycles. The maximum absolute atomic E-state index is 12.2. The van der Waals surface area contributed by atoms with E-state index in [2.05, 4.69) is 20.6 Å². The monoisotopic (exact) mass is 320 g/mol. The second-order valence-electron chi connectivity index (χ2n) is 5.31. The smallest absolute Gasteiger partial charge is 0.271 e. The van der Waals surface area contributed by atoms with Crippen LogP contribution in [0.2, 0.25) is 0 Å². The van der Waals surface area contributed by atoms with Gasteiger partial charge in [-0.25, -0.2) is 4.98 Å². The first kappa shape index (κ1) is 15.6. The highest BCUT2D eigenvalue weighted by Gasteiger charge is 2.09. The van der Waals surface area contributed by atoms with Crippen LogP contribution < -0.4 is 10.6 Å². The van der Waals surface area contributed by atoms with Gasteiger partial charge in [-0.05, 0) is 29.8 Å². The fourth-order valence-corrected chi connectivity index (χ4v) is 2.30. The normalized spacial score (nSPS) is 10.4. The highest BCUT2D eigenvalue weighted by Crippen LogP contribution is 2.11. The van der Waals surface area contributed by atoms with E-state index >= 15 is 0 Å². The number of nitrogens with zero attached hydrogens (tertiary/aromatic N) is 2. The lowest BCUT2D eigenvalue weighted by atomic mass is 10.2. The van der Waals surface area contributed by atoms with Crippen LogP contribution in [0.4, 0.5) is 5.69 Å². The van der Waals surface area contributed by atoms with Crippen molar-refractivity contribution in [3.8, 4) is 0 Å². The van der Waals surface area contributed by atoms with Crippen molar-refractivity contribution in [3.05, 3.63) is 66.0 Å². The van der Waals surface area contributed by atoms with E-state index in [4.69, 9.17) is 0 Å². The SMILES string of the molecule is CC(=O)Nc1cccc(CNC(=O)c2cnc3ccccc3n2)c1. The van der Waals surface area contributed by atoms with E-state index in [1.165, 1.54) is 13.1 Å². The average Bonchev–Trinajstić information content (AvgIpc) is 2.59. The van der Waals surface area contributed by atoms with Crippen LogP contribution in [0.3, 0.4) is 0 Å². The summed E-state index contributed by atoms with van der Waals surface area (Å²) in [6, 6.07) is 14.7. The quantitative estimate of drug-likeness (QED) is 0.773. The number of anilines is 1. The first-order valence-corrected chi connectivity index (χ1v) is 7.48. The van der Waals surface area contributed by atoms with E-state index in [1.807, 2.05) is 42.5 Å². The Kier molecular flexibility index (Phi) is 4.47. The van der Waals surface area contributed by atoms with Gasteiger partial charge in [0, 0.05) is 19.2 Å². The lowest BCUT2D eigenvalue weighted by molar-refractivity contribution is -0.114. The minimum atomic E-state index is -0.293. The predicted molar refractivity (Wildman–Crippen MR) is 91.5 cm³/mol. The predicted octanol–water partition coefficient (Wildman–Crippen LogP) is 2.52. The molecule has 0 unspecified atom stereocenters. The number of rotatable bonds is 4. The topological polar surface area (TPSA) is 84.0 Å². The fraction of sp³-hybridized carbons (Fsp3) is 0.111. The molecule has 0 radical (unpaired) electrons. The molecule has 0 aliphatic rings. The summed E-state index contributed by atoms with van der Waals surface area (Å²) in [6.45, 7) is 1.79. The van der Waals surface area contributed by atoms with E-state index < -0.39 is 0 Å². The zero-order chi connectivity index (χ0) is 16.9. The molecule has 0 saturated carbocycles. The third-order valence-electron chi connectivity index (χ3n) is 3.38. The lowest BCUT2D eigenvalue weighted by Crippen LogP contribution is -2.24. The average molecular weight is 320 g/mol. The largest absolute Gasteiger partial charge is 0.347 e. The number of carbonyl (C=O) groups excluding carboxylic acids is 2. The van der Waals surface area contributed by atoms with Crippen molar-refractivity contribution in [1.29, 1.82) is 0 Å². The maximum Gasteiger partial charge on any atom is 0.271 e. The van der Waals surface area contributed by atoms with Crippen molar-refractivity contribution < 1.29 is 9.59 Å². The summed E-state index contributed by atoms with van der Waals surface area (Å²) >= 11 is 0. The van der Waals surface area contributed by atoms with Crippen molar-refractivity contribution in [3.63, 3.8) is 0 Å². The van der Waals surface area contributed by atoms with Crippen molar-refractivity contribution in [2.24, 2.45) is 0 Å². The van der Waals surface area contributed by atoms with Crippen LogP contribution in [0.5, 0.6) is 0 Å². The number of fused-ring (bicyclic) bond motifs is 1. The van der Waals surface area contributed by atoms with Crippen LogP contribution >= 0.6 is 0 Å². The molecule has 0 bridgehead atoms. The fourth-order valence-electron chi connectivity index (χ4n) is 2.30. The Morgan fingerprint density at radius 2 is 1.83 bits per heavy atom. The molecular formula is C18H16N4O2. The van der Waals surface area contributed by atoms with E-state index in [0.717, 1.165) is 11.1 Å². The Labute approximate surface area is 138 Å². The van der Waals surface area contributed by atoms with Gasteiger partial charge in [-0.3, -0.25) is 14.6 Å². The molecule has 1 aromatic heterocycles. The summed E-state index contributed by atoms with van der Waals surface area (Å²) in [5, 5.41) is 5.52. The van der Waals surface area contributed by atoms with Crippen LogP contribution in [0.15, 0.2) is 54.7 Å². The molecule has 24 heavy (non-hydrogen) atoms. The molecule has 120 valence electrons. The number of hydrogen-bond donors (Lipinski definition) is 2. The first-order valence-electron chi connectivity index (χ1n) is 7.48. The lowest BCUT2D eigenvalue weighted by Gasteiger charge is -2.08. The minimum absolute atomic E-state index is 0.136. The number of para-hydroxylation sites is 2. The molecule has 2 aromatic carbocycles. The number of aromatic nitrogens is 2. The summed E-state index contributed by atoms with van der Waals surface area (Å²) in [7, 11) is 0. The van der Waals surface area contributed by atoms with Crippen LogP contribution in [-0.2, 0) is 11.3 Å². The van der Waals surface area contributed by atoms with Crippen LogP contribution in [-0.4, -0.2) is 21.8 Å². The zero-order valence-corrected chi connectivity index (χ0v) is 13.1. The summed E-state index contributed by atoms with van der Waals surface area (Å²) < 4.78 is 0. The third-order valence-corrected chi connectivity index (χ3v) is 3.38. The van der Waals surface area contributed by atoms with Gasteiger partial charge in [-0.1, -0.05) is 24.3 Å². The summed E-state index contributed by atoms with van der Waals surface area (Å²) in [5.41, 5.74) is 3.27. The van der Waals surface area contributed by atoms with Gasteiger partial charge in [0.2, 0.25) is 5.91 Å². The second kappa shape index (κ2) is 6.87. The van der Waals surface area contributed by atoms with E-state index in [9.17, 15) is 9.59 Å². The molecule has 0 saturated heterocycles. The molecule has 0 spiro atoms. The Morgan fingerprint density at radius 1 is 1.04 bits per heavy atom. The van der Waals surface area contributed by atoms with Crippen LogP contribution in [0.25, 0.3) is 11.0 Å². The van der Waals surface area contributed by atoms with Gasteiger partial charge in [-0.2, -0.15) is 0 Å². The van der Waals surface area contributed by atoms with Gasteiger partial charge >= 0.3 is 0 Å². The van der Waals surface area contributed by atoms with E-state index in [0.29, 0.717) is 17.7 Å². The number of hydrogen-bond acceptors (Lipinski definition) is 4. The van der Waals surface area contributed by atoms with E-state index in [-0.39, 0.29) is 17.5 Å². The highest BCUT2D eigenvalue weighted by atomic mass is 16.2. The van der Waals surface area contributed by atoms with Gasteiger partial charge in [0.1, 0.15) is 5.69 Å². The van der Waals surface area contributed by atoms with Crippen LogP contribution in [0, 0.1) is 0 Å². The minimum Gasteiger partial charge on any atom is -0.347 e. The molecule has 6 nitrogen and oxygen atoms in total.